The molecule has 0 spiro atoms. The van der Waals surface area contributed by atoms with E-state index in [9.17, 15) is 14.7 Å². The first kappa shape index (κ1) is 34.0. The molecule has 0 saturated carbocycles. The second kappa shape index (κ2) is 24.0. The molecule has 1 amide bonds. The van der Waals surface area contributed by atoms with Gasteiger partial charge in [0.15, 0.2) is 0 Å². The van der Waals surface area contributed by atoms with E-state index >= 15 is 0 Å². The number of amides is 1. The Bertz CT molecular complexity index is 450. The summed E-state index contributed by atoms with van der Waals surface area (Å²) in [6.45, 7) is 7.03. The van der Waals surface area contributed by atoms with E-state index in [1.165, 1.54) is 77.6 Å². The van der Waals surface area contributed by atoms with Crippen molar-refractivity contribution < 1.29 is 49.4 Å². The zero-order valence-corrected chi connectivity index (χ0v) is 23.5. The Balaban J connectivity index is 0. The van der Waals surface area contributed by atoms with Crippen molar-refractivity contribution in [3.63, 3.8) is 0 Å². The van der Waals surface area contributed by atoms with Gasteiger partial charge in [-0.1, -0.05) is 90.9 Å². The minimum atomic E-state index is -1.17. The summed E-state index contributed by atoms with van der Waals surface area (Å²) in [5, 5.41) is 22.8. The van der Waals surface area contributed by atoms with Gasteiger partial charge >= 0.3 is 29.6 Å². The minimum Gasteiger partial charge on any atom is -0.548 e. The average Bonchev–Trinajstić information content (AvgIpc) is 2.72. The summed E-state index contributed by atoms with van der Waals surface area (Å²) in [6.07, 6.45) is 17.3. The molecule has 184 valence electrons. The molecule has 32 heavy (non-hydrogen) atoms. The van der Waals surface area contributed by atoms with Crippen LogP contribution >= 0.6 is 0 Å². The number of carbonyl (C=O) groups excluding carboxylic acids is 2. The smallest absolute Gasteiger partial charge is 0.548 e. The van der Waals surface area contributed by atoms with Crippen LogP contribution in [-0.2, 0) is 9.59 Å². The molecule has 0 fully saturated rings. The normalized spacial score (nSPS) is 12.1. The van der Waals surface area contributed by atoms with Gasteiger partial charge in [0.25, 0.3) is 0 Å². The summed E-state index contributed by atoms with van der Waals surface area (Å²) >= 11 is 0. The van der Waals surface area contributed by atoms with Crippen molar-refractivity contribution in [2.45, 2.75) is 117 Å². The summed E-state index contributed by atoms with van der Waals surface area (Å²) in [4.78, 5) is 24.5. The van der Waals surface area contributed by atoms with E-state index < -0.39 is 12.0 Å². The van der Waals surface area contributed by atoms with Gasteiger partial charge in [0, 0.05) is 32.1 Å². The van der Waals surface area contributed by atoms with Crippen LogP contribution in [0.25, 0.3) is 0 Å². The molecule has 0 aromatic rings. The summed E-state index contributed by atoms with van der Waals surface area (Å²) in [6, 6.07) is -0.779. The van der Waals surface area contributed by atoms with Crippen molar-refractivity contribution in [3.05, 3.63) is 0 Å². The van der Waals surface area contributed by atoms with Crippen molar-refractivity contribution in [2.75, 3.05) is 26.2 Å². The Hall–Kier alpha value is -0.140. The van der Waals surface area contributed by atoms with Crippen LogP contribution in [0.4, 0.5) is 0 Å². The number of nitrogens with zero attached hydrogens (tertiary/aromatic N) is 1. The van der Waals surface area contributed by atoms with Gasteiger partial charge < -0.3 is 20.3 Å². The van der Waals surface area contributed by atoms with Crippen LogP contribution in [0.1, 0.15) is 111 Å². The van der Waals surface area contributed by atoms with Gasteiger partial charge in [-0.25, -0.2) is 0 Å². The van der Waals surface area contributed by atoms with E-state index in [-0.39, 0.29) is 48.6 Å². The maximum Gasteiger partial charge on any atom is 1.00 e. The molecular weight excluding hydrogens is 415 g/mol. The van der Waals surface area contributed by atoms with Crippen molar-refractivity contribution >= 4 is 11.9 Å². The molecule has 6 nitrogen and oxygen atoms in total. The van der Waals surface area contributed by atoms with Crippen molar-refractivity contribution in [2.24, 2.45) is 5.92 Å². The second-order valence-electron chi connectivity index (χ2n) is 9.28. The molecule has 0 aromatic carbocycles. The van der Waals surface area contributed by atoms with Gasteiger partial charge in [-0.05, 0) is 19.3 Å². The van der Waals surface area contributed by atoms with Crippen LogP contribution in [0.3, 0.4) is 0 Å². The monoisotopic (exact) mass is 464 g/mol. The Labute approximate surface area is 219 Å². The number of aliphatic hydroxyl groups is 1. The van der Waals surface area contributed by atoms with E-state index in [1.54, 1.807) is 4.90 Å². The summed E-state index contributed by atoms with van der Waals surface area (Å²) in [7, 11) is 0. The third-order valence-electron chi connectivity index (χ3n) is 5.93. The molecule has 2 N–H and O–H groups in total. The first-order chi connectivity index (χ1) is 14.9. The predicted molar refractivity (Wildman–Crippen MR) is 126 cm³/mol. The van der Waals surface area contributed by atoms with Gasteiger partial charge in [0.2, 0.25) is 5.91 Å². The number of rotatable bonds is 22. The number of carboxylic acid groups (broad SMARTS) is 1. The van der Waals surface area contributed by atoms with E-state index in [1.807, 2.05) is 0 Å². The third kappa shape index (κ3) is 21.7. The maximum absolute atomic E-state index is 11.9. The van der Waals surface area contributed by atoms with Crippen LogP contribution in [0.5, 0.6) is 0 Å². The summed E-state index contributed by atoms with van der Waals surface area (Å²) in [5.41, 5.74) is 0. The topological polar surface area (TPSA) is 92.7 Å². The van der Waals surface area contributed by atoms with Crippen LogP contribution in [0.2, 0.25) is 0 Å². The van der Waals surface area contributed by atoms with E-state index in [4.69, 9.17) is 5.11 Å². The van der Waals surface area contributed by atoms with Gasteiger partial charge in [-0.2, -0.15) is 0 Å². The molecule has 0 radical (unpaired) electrons. The molecule has 0 heterocycles. The van der Waals surface area contributed by atoms with Gasteiger partial charge in [0.05, 0.1) is 12.6 Å². The van der Waals surface area contributed by atoms with Crippen LogP contribution in [0.15, 0.2) is 0 Å². The molecule has 0 rings (SSSR count). The molecule has 0 aliphatic carbocycles. The first-order valence-electron chi connectivity index (χ1n) is 12.7. The number of unbranched alkanes of at least 4 members (excludes halogenated alkanes) is 11. The minimum absolute atomic E-state index is 0. The largest absolute Gasteiger partial charge is 1.00 e. The Kier molecular flexibility index (Phi) is 25.5. The molecule has 0 bridgehead atoms. The fraction of sp³-hybridized carbons (Fsp3) is 0.920. The van der Waals surface area contributed by atoms with Crippen LogP contribution in [0, 0.1) is 5.92 Å². The zero-order chi connectivity index (χ0) is 23.3. The molecule has 0 aliphatic rings. The molecule has 7 heteroatoms. The van der Waals surface area contributed by atoms with E-state index in [0.29, 0.717) is 19.5 Å². The van der Waals surface area contributed by atoms with Gasteiger partial charge in [0.1, 0.15) is 0 Å². The molecule has 1 unspecified atom stereocenters. The van der Waals surface area contributed by atoms with Crippen molar-refractivity contribution in [1.29, 1.82) is 0 Å². The molecule has 0 aromatic heterocycles. The Morgan fingerprint density at radius 3 is 1.72 bits per heavy atom. The number of hydrogen-bond acceptors (Lipinski definition) is 5. The predicted octanol–water partition coefficient (Wildman–Crippen LogP) is 0.657. The van der Waals surface area contributed by atoms with E-state index in [2.05, 4.69) is 19.2 Å². The standard InChI is InChI=1S/C25H50N2O4.Na/c1-22(2)16-14-12-10-8-6-4-5-7-9-11-13-15-17-24(29)26-18-19-27(20-21-28)23(3)25(30)31;/h22-23,28H,4-21H2,1-3H3,(H,26,29)(H,30,31);/q;+1/p-1. The average molecular weight is 465 g/mol. The number of aliphatic carboxylic acids is 1. The number of carbonyl (C=O) groups is 2. The Morgan fingerprint density at radius 2 is 1.28 bits per heavy atom. The fourth-order valence-corrected chi connectivity index (χ4v) is 3.81. The molecular formula is C25H49N2NaO4. The van der Waals surface area contributed by atoms with Gasteiger partial charge in [-0.15, -0.1) is 0 Å². The van der Waals surface area contributed by atoms with Gasteiger partial charge in [-0.3, -0.25) is 9.69 Å². The molecule has 0 saturated heterocycles. The molecule has 0 aliphatic heterocycles. The van der Waals surface area contributed by atoms with Crippen LogP contribution < -0.4 is 40.0 Å². The second-order valence-corrected chi connectivity index (χ2v) is 9.28. The van der Waals surface area contributed by atoms with Crippen LogP contribution in [-0.4, -0.2) is 54.2 Å². The third-order valence-corrected chi connectivity index (χ3v) is 5.93. The summed E-state index contributed by atoms with van der Waals surface area (Å²) < 4.78 is 0. The Morgan fingerprint density at radius 1 is 0.812 bits per heavy atom. The van der Waals surface area contributed by atoms with Crippen molar-refractivity contribution in [1.82, 2.24) is 10.2 Å². The first-order valence-corrected chi connectivity index (χ1v) is 12.7. The number of aliphatic hydroxyl groups excluding tert-OH is 1. The zero-order valence-electron chi connectivity index (χ0n) is 21.5. The number of carboxylic acids is 1. The maximum atomic E-state index is 11.9. The SMILES string of the molecule is CC(C)CCCCCCCCCCCCCCC(=O)NCCN(CCO)C(C)C(=O)[O-].[Na+]. The summed E-state index contributed by atoms with van der Waals surface area (Å²) in [5.74, 6) is -0.314. The molecule has 1 atom stereocenters. The fourth-order valence-electron chi connectivity index (χ4n) is 3.81. The number of hydrogen-bond donors (Lipinski definition) is 2. The van der Waals surface area contributed by atoms with E-state index in [0.717, 1.165) is 18.8 Å². The number of nitrogens with one attached hydrogen (secondary N) is 1. The quantitative estimate of drug-likeness (QED) is 0.181. The van der Waals surface area contributed by atoms with Crippen molar-refractivity contribution in [3.8, 4) is 0 Å².